The van der Waals surface area contributed by atoms with E-state index in [0.717, 1.165) is 12.5 Å². The smallest absolute Gasteiger partial charge is 0.369 e. The number of hydrogen-bond donors (Lipinski definition) is 2. The summed E-state index contributed by atoms with van der Waals surface area (Å²) < 4.78 is 38.6. The highest BCUT2D eigenvalue weighted by Crippen LogP contribution is 2.35. The fourth-order valence-corrected chi connectivity index (χ4v) is 1.79. The first-order valence-corrected chi connectivity index (χ1v) is 6.30. The summed E-state index contributed by atoms with van der Waals surface area (Å²) in [6.45, 7) is 2.85. The maximum atomic E-state index is 12.8. The molecule has 1 aromatic heterocycles. The van der Waals surface area contributed by atoms with Gasteiger partial charge < -0.3 is 11.1 Å². The van der Waals surface area contributed by atoms with Crippen LogP contribution in [-0.2, 0) is 6.18 Å². The molecule has 7 heteroatoms. The SMILES string of the molecule is CC(CCN)CNc1ncc(Br)cc1C(F)(F)F. The van der Waals surface area contributed by atoms with Crippen molar-refractivity contribution in [3.8, 4) is 0 Å². The molecular formula is C11H15BrF3N3. The van der Waals surface area contributed by atoms with Crippen LogP contribution in [0, 0.1) is 5.92 Å². The molecule has 3 N–H and O–H groups in total. The number of pyridine rings is 1. The first kappa shape index (κ1) is 15.2. The molecule has 0 fully saturated rings. The van der Waals surface area contributed by atoms with E-state index in [-0.39, 0.29) is 11.7 Å². The number of aromatic nitrogens is 1. The van der Waals surface area contributed by atoms with Gasteiger partial charge in [-0.15, -0.1) is 0 Å². The van der Waals surface area contributed by atoms with Crippen molar-refractivity contribution in [3.63, 3.8) is 0 Å². The zero-order valence-corrected chi connectivity index (χ0v) is 11.5. The van der Waals surface area contributed by atoms with E-state index in [9.17, 15) is 13.2 Å². The molecule has 3 nitrogen and oxygen atoms in total. The zero-order chi connectivity index (χ0) is 13.8. The zero-order valence-electron chi connectivity index (χ0n) is 9.89. The van der Waals surface area contributed by atoms with E-state index in [1.54, 1.807) is 0 Å². The molecule has 0 aliphatic carbocycles. The minimum Gasteiger partial charge on any atom is -0.369 e. The van der Waals surface area contributed by atoms with E-state index in [0.29, 0.717) is 17.6 Å². The first-order chi connectivity index (χ1) is 8.34. The minimum atomic E-state index is -4.42. The van der Waals surface area contributed by atoms with Gasteiger partial charge in [0, 0.05) is 17.2 Å². The van der Waals surface area contributed by atoms with Crippen LogP contribution < -0.4 is 11.1 Å². The first-order valence-electron chi connectivity index (χ1n) is 5.51. The summed E-state index contributed by atoms with van der Waals surface area (Å²) in [7, 11) is 0. The van der Waals surface area contributed by atoms with Gasteiger partial charge in [0.1, 0.15) is 5.82 Å². The Labute approximate surface area is 112 Å². The van der Waals surface area contributed by atoms with Gasteiger partial charge in [-0.1, -0.05) is 6.92 Å². The topological polar surface area (TPSA) is 50.9 Å². The van der Waals surface area contributed by atoms with E-state index in [4.69, 9.17) is 5.73 Å². The van der Waals surface area contributed by atoms with Crippen LogP contribution in [0.4, 0.5) is 19.0 Å². The van der Waals surface area contributed by atoms with Crippen LogP contribution >= 0.6 is 15.9 Å². The number of rotatable bonds is 5. The Morgan fingerprint density at radius 3 is 2.72 bits per heavy atom. The summed E-state index contributed by atoms with van der Waals surface area (Å²) in [5.74, 6) is 0.0519. The average Bonchev–Trinajstić information content (AvgIpc) is 2.26. The molecular weight excluding hydrogens is 311 g/mol. The number of nitrogens with zero attached hydrogens (tertiary/aromatic N) is 1. The molecule has 0 saturated carbocycles. The lowest BCUT2D eigenvalue weighted by molar-refractivity contribution is -0.137. The monoisotopic (exact) mass is 325 g/mol. The molecule has 1 aromatic rings. The second-order valence-electron chi connectivity index (χ2n) is 4.11. The standard InChI is InChI=1S/C11H15BrF3N3/c1-7(2-3-16)5-17-10-9(11(13,14)15)4-8(12)6-18-10/h4,6-7H,2-3,5,16H2,1H3,(H,17,18). The Morgan fingerprint density at radius 2 is 2.17 bits per heavy atom. The van der Waals surface area contributed by atoms with E-state index in [1.807, 2.05) is 6.92 Å². The Bertz CT molecular complexity index is 396. The maximum absolute atomic E-state index is 12.8. The van der Waals surface area contributed by atoms with Crippen molar-refractivity contribution in [1.82, 2.24) is 4.98 Å². The molecule has 1 rings (SSSR count). The highest BCUT2D eigenvalue weighted by atomic mass is 79.9. The third kappa shape index (κ3) is 4.45. The summed E-state index contributed by atoms with van der Waals surface area (Å²) in [6.07, 6.45) is -2.33. The summed E-state index contributed by atoms with van der Waals surface area (Å²) >= 11 is 2.99. The molecule has 1 unspecified atom stereocenters. The third-order valence-electron chi connectivity index (χ3n) is 2.44. The average molecular weight is 326 g/mol. The summed E-state index contributed by atoms with van der Waals surface area (Å²) in [5, 5.41) is 2.72. The van der Waals surface area contributed by atoms with Crippen molar-refractivity contribution in [2.24, 2.45) is 11.7 Å². The summed E-state index contributed by atoms with van der Waals surface area (Å²) in [6, 6.07) is 1.02. The molecule has 0 saturated heterocycles. The number of nitrogens with one attached hydrogen (secondary N) is 1. The largest absolute Gasteiger partial charge is 0.419 e. The number of anilines is 1. The van der Waals surface area contributed by atoms with Crippen LogP contribution in [0.5, 0.6) is 0 Å². The normalized spacial score (nSPS) is 13.4. The van der Waals surface area contributed by atoms with Gasteiger partial charge in [0.25, 0.3) is 0 Å². The molecule has 102 valence electrons. The van der Waals surface area contributed by atoms with Crippen molar-refractivity contribution in [2.45, 2.75) is 19.5 Å². The molecule has 1 heterocycles. The molecule has 0 aromatic carbocycles. The second kappa shape index (κ2) is 6.38. The van der Waals surface area contributed by atoms with Crippen molar-refractivity contribution >= 4 is 21.7 Å². The van der Waals surface area contributed by atoms with Gasteiger partial charge in [-0.05, 0) is 40.9 Å². The molecule has 1 atom stereocenters. The van der Waals surface area contributed by atoms with E-state index >= 15 is 0 Å². The molecule has 18 heavy (non-hydrogen) atoms. The van der Waals surface area contributed by atoms with Gasteiger partial charge in [0.2, 0.25) is 0 Å². The Morgan fingerprint density at radius 1 is 1.50 bits per heavy atom. The summed E-state index contributed by atoms with van der Waals surface area (Å²) in [4.78, 5) is 3.77. The third-order valence-corrected chi connectivity index (χ3v) is 2.87. The van der Waals surface area contributed by atoms with Crippen molar-refractivity contribution in [2.75, 3.05) is 18.4 Å². The maximum Gasteiger partial charge on any atom is 0.419 e. The molecule has 0 aliphatic heterocycles. The highest BCUT2D eigenvalue weighted by molar-refractivity contribution is 9.10. The quantitative estimate of drug-likeness (QED) is 0.873. The van der Waals surface area contributed by atoms with Gasteiger partial charge in [0.05, 0.1) is 5.56 Å². The number of alkyl halides is 3. The van der Waals surface area contributed by atoms with Gasteiger partial charge >= 0.3 is 6.18 Å². The Balaban J connectivity index is 2.82. The highest BCUT2D eigenvalue weighted by Gasteiger charge is 2.34. The molecule has 0 aliphatic rings. The molecule has 0 spiro atoms. The fraction of sp³-hybridized carbons (Fsp3) is 0.545. The van der Waals surface area contributed by atoms with Crippen LogP contribution in [0.1, 0.15) is 18.9 Å². The number of halogens is 4. The van der Waals surface area contributed by atoms with Gasteiger partial charge in [-0.2, -0.15) is 13.2 Å². The van der Waals surface area contributed by atoms with Crippen LogP contribution in [0.2, 0.25) is 0 Å². The number of nitrogens with two attached hydrogens (primary N) is 1. The van der Waals surface area contributed by atoms with Gasteiger partial charge in [-0.3, -0.25) is 0 Å². The van der Waals surface area contributed by atoms with Crippen molar-refractivity contribution in [3.05, 3.63) is 22.3 Å². The predicted molar refractivity (Wildman–Crippen MR) is 68.3 cm³/mol. The van der Waals surface area contributed by atoms with E-state index in [2.05, 4.69) is 26.2 Å². The number of hydrogen-bond acceptors (Lipinski definition) is 3. The predicted octanol–water partition coefficient (Wildman–Crippen LogP) is 3.26. The lowest BCUT2D eigenvalue weighted by Gasteiger charge is -2.16. The van der Waals surface area contributed by atoms with Crippen molar-refractivity contribution < 1.29 is 13.2 Å². The van der Waals surface area contributed by atoms with E-state index < -0.39 is 11.7 Å². The van der Waals surface area contributed by atoms with E-state index in [1.165, 1.54) is 6.20 Å². The fourth-order valence-electron chi connectivity index (χ4n) is 1.45. The van der Waals surface area contributed by atoms with Crippen LogP contribution in [-0.4, -0.2) is 18.1 Å². The van der Waals surface area contributed by atoms with Crippen LogP contribution in [0.25, 0.3) is 0 Å². The summed E-state index contributed by atoms with van der Waals surface area (Å²) in [5.41, 5.74) is 4.62. The minimum absolute atomic E-state index is 0.144. The molecule has 0 bridgehead atoms. The lowest BCUT2D eigenvalue weighted by atomic mass is 10.1. The van der Waals surface area contributed by atoms with Crippen LogP contribution in [0.3, 0.4) is 0 Å². The van der Waals surface area contributed by atoms with Crippen molar-refractivity contribution in [1.29, 1.82) is 0 Å². The Kier molecular flexibility index (Phi) is 5.40. The molecule has 0 radical (unpaired) electrons. The lowest BCUT2D eigenvalue weighted by Crippen LogP contribution is -2.18. The molecule has 0 amide bonds. The second-order valence-corrected chi connectivity index (χ2v) is 5.03. The Hall–Kier alpha value is -0.820. The van der Waals surface area contributed by atoms with Gasteiger partial charge in [-0.25, -0.2) is 4.98 Å². The van der Waals surface area contributed by atoms with Gasteiger partial charge in [0.15, 0.2) is 0 Å². The van der Waals surface area contributed by atoms with Crippen LogP contribution in [0.15, 0.2) is 16.7 Å².